The smallest absolute Gasteiger partial charge is 0.255 e. The van der Waals surface area contributed by atoms with E-state index in [4.69, 9.17) is 5.73 Å². The molecule has 3 rings (SSSR count). The molecule has 0 spiro atoms. The van der Waals surface area contributed by atoms with Crippen LogP contribution in [0.15, 0.2) is 47.5 Å². The molecule has 130 valence electrons. The number of hydrogen-bond acceptors (Lipinski definition) is 4. The summed E-state index contributed by atoms with van der Waals surface area (Å²) in [6.07, 6.45) is 0.801. The SMILES string of the molecule is Cc1cccc(C(=O)Nc2cc(C3(C)CCSC(N)=N3)ccc2F)c1. The number of thioether (sulfide) groups is 1. The predicted molar refractivity (Wildman–Crippen MR) is 102 cm³/mol. The summed E-state index contributed by atoms with van der Waals surface area (Å²) in [4.78, 5) is 16.9. The number of nitrogens with zero attached hydrogens (tertiary/aromatic N) is 1. The van der Waals surface area contributed by atoms with Gasteiger partial charge in [0.1, 0.15) is 5.82 Å². The number of rotatable bonds is 3. The molecule has 0 fully saturated rings. The second-order valence-corrected chi connectivity index (χ2v) is 7.46. The Morgan fingerprint density at radius 2 is 2.12 bits per heavy atom. The molecule has 25 heavy (non-hydrogen) atoms. The molecule has 2 aromatic carbocycles. The van der Waals surface area contributed by atoms with Crippen LogP contribution in [0.4, 0.5) is 10.1 Å². The van der Waals surface area contributed by atoms with Gasteiger partial charge in [-0.15, -0.1) is 0 Å². The zero-order valence-electron chi connectivity index (χ0n) is 14.2. The molecule has 1 aliphatic rings. The molecule has 0 saturated heterocycles. The van der Waals surface area contributed by atoms with Crippen LogP contribution in [0.2, 0.25) is 0 Å². The molecule has 1 atom stereocenters. The van der Waals surface area contributed by atoms with Crippen molar-refractivity contribution in [2.24, 2.45) is 10.7 Å². The fraction of sp³-hybridized carbons (Fsp3) is 0.263. The first-order valence-electron chi connectivity index (χ1n) is 8.03. The Morgan fingerprint density at radius 3 is 2.84 bits per heavy atom. The largest absolute Gasteiger partial charge is 0.379 e. The van der Waals surface area contributed by atoms with Gasteiger partial charge in [0.25, 0.3) is 5.91 Å². The maximum atomic E-state index is 14.2. The lowest BCUT2D eigenvalue weighted by Gasteiger charge is -2.30. The van der Waals surface area contributed by atoms with Crippen molar-refractivity contribution in [2.75, 3.05) is 11.1 Å². The minimum absolute atomic E-state index is 0.150. The van der Waals surface area contributed by atoms with E-state index in [2.05, 4.69) is 10.3 Å². The van der Waals surface area contributed by atoms with Gasteiger partial charge in [0, 0.05) is 11.3 Å². The highest BCUT2D eigenvalue weighted by Crippen LogP contribution is 2.36. The summed E-state index contributed by atoms with van der Waals surface area (Å²) in [7, 11) is 0. The van der Waals surface area contributed by atoms with Crippen LogP contribution in [-0.2, 0) is 5.54 Å². The van der Waals surface area contributed by atoms with Crippen LogP contribution in [0.1, 0.15) is 34.8 Å². The summed E-state index contributed by atoms with van der Waals surface area (Å²) >= 11 is 1.52. The molecule has 1 amide bonds. The number of aryl methyl sites for hydroxylation is 1. The van der Waals surface area contributed by atoms with Gasteiger partial charge in [-0.25, -0.2) is 4.39 Å². The van der Waals surface area contributed by atoms with Gasteiger partial charge >= 0.3 is 0 Å². The molecular weight excluding hydrogens is 337 g/mol. The number of nitrogens with one attached hydrogen (secondary N) is 1. The number of amidine groups is 1. The number of carbonyl (C=O) groups excluding carboxylic acids is 1. The first kappa shape index (κ1) is 17.5. The van der Waals surface area contributed by atoms with E-state index in [0.717, 1.165) is 23.3 Å². The lowest BCUT2D eigenvalue weighted by atomic mass is 9.89. The average Bonchev–Trinajstić information content (AvgIpc) is 2.56. The van der Waals surface area contributed by atoms with Gasteiger partial charge < -0.3 is 11.1 Å². The number of amides is 1. The normalized spacial score (nSPS) is 20.0. The van der Waals surface area contributed by atoms with E-state index in [1.807, 2.05) is 19.9 Å². The highest BCUT2D eigenvalue weighted by atomic mass is 32.2. The third-order valence-electron chi connectivity index (χ3n) is 4.31. The van der Waals surface area contributed by atoms with Crippen molar-refractivity contribution in [1.29, 1.82) is 0 Å². The molecule has 6 heteroatoms. The summed E-state index contributed by atoms with van der Waals surface area (Å²) in [5.74, 6) is 0.0383. The molecular formula is C19H20FN3OS. The van der Waals surface area contributed by atoms with E-state index < -0.39 is 11.4 Å². The lowest BCUT2D eigenvalue weighted by Crippen LogP contribution is -2.29. The minimum Gasteiger partial charge on any atom is -0.379 e. The van der Waals surface area contributed by atoms with Gasteiger partial charge in [0.2, 0.25) is 0 Å². The number of hydrogen-bond donors (Lipinski definition) is 2. The number of aliphatic imine (C=N–C) groups is 1. The van der Waals surface area contributed by atoms with Gasteiger partial charge in [0.15, 0.2) is 5.17 Å². The first-order valence-corrected chi connectivity index (χ1v) is 9.02. The minimum atomic E-state index is -0.508. The molecule has 0 saturated carbocycles. The Kier molecular flexibility index (Phi) is 4.81. The molecule has 1 aliphatic heterocycles. The van der Waals surface area contributed by atoms with E-state index in [1.54, 1.807) is 30.3 Å². The number of carbonyl (C=O) groups is 1. The second kappa shape index (κ2) is 6.88. The lowest BCUT2D eigenvalue weighted by molar-refractivity contribution is 0.102. The van der Waals surface area contributed by atoms with E-state index in [1.165, 1.54) is 17.8 Å². The fourth-order valence-corrected chi connectivity index (χ4v) is 3.81. The van der Waals surface area contributed by atoms with Gasteiger partial charge in [-0.05, 0) is 50.1 Å². The molecule has 1 heterocycles. The Morgan fingerprint density at radius 1 is 1.32 bits per heavy atom. The van der Waals surface area contributed by atoms with Crippen molar-refractivity contribution in [1.82, 2.24) is 0 Å². The molecule has 2 aromatic rings. The van der Waals surface area contributed by atoms with Crippen LogP contribution in [0.3, 0.4) is 0 Å². The summed E-state index contributed by atoms with van der Waals surface area (Å²) in [6, 6.07) is 11.9. The predicted octanol–water partition coefficient (Wildman–Crippen LogP) is 4.05. The molecule has 4 nitrogen and oxygen atoms in total. The fourth-order valence-electron chi connectivity index (χ4n) is 2.83. The van der Waals surface area contributed by atoms with Gasteiger partial charge in [-0.2, -0.15) is 0 Å². The molecule has 0 aromatic heterocycles. The zero-order chi connectivity index (χ0) is 18.0. The van der Waals surface area contributed by atoms with Gasteiger partial charge in [-0.1, -0.05) is 35.5 Å². The number of anilines is 1. The maximum Gasteiger partial charge on any atom is 0.255 e. The molecule has 0 aliphatic carbocycles. The van der Waals surface area contributed by atoms with Crippen molar-refractivity contribution >= 4 is 28.5 Å². The van der Waals surface area contributed by atoms with Crippen LogP contribution in [0.25, 0.3) is 0 Å². The molecule has 1 unspecified atom stereocenters. The van der Waals surface area contributed by atoms with Crippen LogP contribution >= 0.6 is 11.8 Å². The number of halogens is 1. The highest BCUT2D eigenvalue weighted by Gasteiger charge is 2.30. The van der Waals surface area contributed by atoms with Crippen molar-refractivity contribution < 1.29 is 9.18 Å². The molecule has 0 radical (unpaired) electrons. The van der Waals surface area contributed by atoms with Crippen LogP contribution in [0, 0.1) is 12.7 Å². The Hall–Kier alpha value is -2.34. The molecule has 0 bridgehead atoms. The third-order valence-corrected chi connectivity index (χ3v) is 5.11. The van der Waals surface area contributed by atoms with Crippen molar-refractivity contribution in [2.45, 2.75) is 25.8 Å². The standard InChI is InChI=1S/C19H20FN3OS/c1-12-4-3-5-13(10-12)17(24)22-16-11-14(6-7-15(16)20)19(2)8-9-25-18(21)23-19/h3-7,10-11H,8-9H2,1-2H3,(H2,21,23)(H,22,24). The van der Waals surface area contributed by atoms with E-state index in [9.17, 15) is 9.18 Å². The first-order chi connectivity index (χ1) is 11.9. The third kappa shape index (κ3) is 3.85. The van der Waals surface area contributed by atoms with Crippen LogP contribution in [-0.4, -0.2) is 16.8 Å². The van der Waals surface area contributed by atoms with Crippen molar-refractivity contribution in [3.63, 3.8) is 0 Å². The number of benzene rings is 2. The van der Waals surface area contributed by atoms with Crippen molar-refractivity contribution in [3.05, 3.63) is 65.0 Å². The summed E-state index contributed by atoms with van der Waals surface area (Å²) in [6.45, 7) is 3.88. The maximum absolute atomic E-state index is 14.2. The average molecular weight is 357 g/mol. The number of nitrogens with two attached hydrogens (primary N) is 1. The quantitative estimate of drug-likeness (QED) is 0.871. The van der Waals surface area contributed by atoms with Gasteiger partial charge in [0.05, 0.1) is 11.2 Å². The van der Waals surface area contributed by atoms with E-state index in [-0.39, 0.29) is 11.6 Å². The van der Waals surface area contributed by atoms with Crippen LogP contribution in [0.5, 0.6) is 0 Å². The second-order valence-electron chi connectivity index (χ2n) is 6.34. The Bertz CT molecular complexity index is 852. The monoisotopic (exact) mass is 357 g/mol. The van der Waals surface area contributed by atoms with Crippen molar-refractivity contribution in [3.8, 4) is 0 Å². The van der Waals surface area contributed by atoms with E-state index in [0.29, 0.717) is 10.7 Å². The highest BCUT2D eigenvalue weighted by molar-refractivity contribution is 8.13. The van der Waals surface area contributed by atoms with Crippen LogP contribution < -0.4 is 11.1 Å². The van der Waals surface area contributed by atoms with E-state index >= 15 is 0 Å². The summed E-state index contributed by atoms with van der Waals surface area (Å²) < 4.78 is 14.2. The Labute approximate surface area is 150 Å². The topological polar surface area (TPSA) is 67.5 Å². The van der Waals surface area contributed by atoms with Gasteiger partial charge in [-0.3, -0.25) is 9.79 Å². The zero-order valence-corrected chi connectivity index (χ0v) is 15.0. The Balaban J connectivity index is 1.90. The molecule has 3 N–H and O–H groups in total. The summed E-state index contributed by atoms with van der Waals surface area (Å²) in [5.41, 5.74) is 7.79. The summed E-state index contributed by atoms with van der Waals surface area (Å²) in [5, 5.41) is 3.19.